The minimum Gasteiger partial charge on any atom is -0.322 e. The molecule has 0 aliphatic heterocycles. The lowest BCUT2D eigenvalue weighted by atomic mass is 10.2. The molecule has 0 amide bonds. The molecule has 1 aromatic rings. The minimum absolute atomic E-state index is 0.263. The molecule has 0 radical (unpaired) electrons. The summed E-state index contributed by atoms with van der Waals surface area (Å²) in [5, 5.41) is 3.34. The zero-order valence-corrected chi connectivity index (χ0v) is 7.22. The van der Waals surface area contributed by atoms with E-state index in [0.29, 0.717) is 10.7 Å². The van der Waals surface area contributed by atoms with Crippen LogP contribution in [0.3, 0.4) is 0 Å². The van der Waals surface area contributed by atoms with Crippen molar-refractivity contribution in [2.45, 2.75) is 6.92 Å². The number of hydrogen-bond acceptors (Lipinski definition) is 4. The van der Waals surface area contributed by atoms with Gasteiger partial charge in [-0.25, -0.2) is 0 Å². The van der Waals surface area contributed by atoms with E-state index in [0.717, 1.165) is 5.56 Å². The molecule has 1 aromatic carbocycles. The summed E-state index contributed by atoms with van der Waals surface area (Å²) < 4.78 is 0. The zero-order valence-electron chi connectivity index (χ0n) is 6.47. The summed E-state index contributed by atoms with van der Waals surface area (Å²) >= 11 is 5.78. The van der Waals surface area contributed by atoms with Gasteiger partial charge in [-0.2, -0.15) is 0 Å². The molecule has 1 rings (SSSR count). The minimum atomic E-state index is 0.263. The third kappa shape index (κ3) is 1.54. The number of aryl methyl sites for hydroxylation is 1. The number of nitrogens with one attached hydrogen (secondary N) is 1. The third-order valence-corrected chi connectivity index (χ3v) is 1.94. The molecule has 0 saturated carbocycles. The van der Waals surface area contributed by atoms with E-state index in [2.05, 4.69) is 10.6 Å². The van der Waals surface area contributed by atoms with Crippen LogP contribution in [-0.2, 0) is 0 Å². The summed E-state index contributed by atoms with van der Waals surface area (Å²) in [5.41, 5.74) is 3.83. The van der Waals surface area contributed by atoms with Crippen LogP contribution in [0.2, 0.25) is 5.02 Å². The molecular formula is C7H8ClN3O. The van der Waals surface area contributed by atoms with E-state index in [1.165, 1.54) is 0 Å². The Hall–Kier alpha value is -1.13. The van der Waals surface area contributed by atoms with Crippen LogP contribution in [0.15, 0.2) is 17.3 Å². The van der Waals surface area contributed by atoms with Crippen LogP contribution in [0, 0.1) is 11.8 Å². The number of rotatable bonds is 2. The van der Waals surface area contributed by atoms with Gasteiger partial charge >= 0.3 is 0 Å². The molecule has 0 spiro atoms. The number of benzene rings is 1. The second-order valence-electron chi connectivity index (χ2n) is 2.35. The van der Waals surface area contributed by atoms with Crippen LogP contribution in [-0.4, -0.2) is 0 Å². The highest BCUT2D eigenvalue weighted by Crippen LogP contribution is 2.30. The Morgan fingerprint density at radius 3 is 2.75 bits per heavy atom. The van der Waals surface area contributed by atoms with E-state index in [4.69, 9.17) is 17.4 Å². The highest BCUT2D eigenvalue weighted by Gasteiger charge is 2.04. The van der Waals surface area contributed by atoms with Crippen molar-refractivity contribution in [3.8, 4) is 0 Å². The summed E-state index contributed by atoms with van der Waals surface area (Å²) in [6, 6.07) is 3.14. The maximum atomic E-state index is 10.3. The first-order valence-electron chi connectivity index (χ1n) is 3.29. The molecule has 0 unspecified atom stereocenters. The van der Waals surface area contributed by atoms with Gasteiger partial charge in [-0.05, 0) is 29.8 Å². The summed E-state index contributed by atoms with van der Waals surface area (Å²) in [7, 11) is 0. The fourth-order valence-electron chi connectivity index (χ4n) is 0.857. The highest BCUT2D eigenvalue weighted by molar-refractivity contribution is 6.31. The fourth-order valence-corrected chi connectivity index (χ4v) is 1.02. The van der Waals surface area contributed by atoms with E-state index in [9.17, 15) is 4.91 Å². The van der Waals surface area contributed by atoms with E-state index < -0.39 is 0 Å². The molecule has 5 heteroatoms. The van der Waals surface area contributed by atoms with Gasteiger partial charge in [0.25, 0.3) is 0 Å². The van der Waals surface area contributed by atoms with Crippen LogP contribution in [0.4, 0.5) is 11.4 Å². The number of hydrazine groups is 1. The second-order valence-corrected chi connectivity index (χ2v) is 2.76. The van der Waals surface area contributed by atoms with Crippen molar-refractivity contribution in [3.63, 3.8) is 0 Å². The van der Waals surface area contributed by atoms with Crippen molar-refractivity contribution in [1.29, 1.82) is 0 Å². The predicted molar refractivity (Wildman–Crippen MR) is 49.5 cm³/mol. The Labute approximate surface area is 74.7 Å². The van der Waals surface area contributed by atoms with Crippen molar-refractivity contribution in [1.82, 2.24) is 0 Å². The average Bonchev–Trinajstić information content (AvgIpc) is 2.09. The molecule has 0 atom stereocenters. The van der Waals surface area contributed by atoms with Crippen LogP contribution < -0.4 is 11.3 Å². The second kappa shape index (κ2) is 3.51. The zero-order chi connectivity index (χ0) is 9.14. The Kier molecular flexibility index (Phi) is 2.62. The molecule has 64 valence electrons. The van der Waals surface area contributed by atoms with Gasteiger partial charge in [0.05, 0.1) is 5.69 Å². The molecule has 0 aromatic heterocycles. The Balaban J connectivity index is 3.28. The summed E-state index contributed by atoms with van der Waals surface area (Å²) in [5.74, 6) is 5.14. The lowest BCUT2D eigenvalue weighted by Gasteiger charge is -2.04. The lowest BCUT2D eigenvalue weighted by Crippen LogP contribution is -2.06. The normalized spacial score (nSPS) is 9.58. The van der Waals surface area contributed by atoms with Gasteiger partial charge in [-0.1, -0.05) is 11.6 Å². The monoisotopic (exact) mass is 185 g/mol. The third-order valence-electron chi connectivity index (χ3n) is 1.53. The van der Waals surface area contributed by atoms with Crippen molar-refractivity contribution in [2.24, 2.45) is 11.0 Å². The number of anilines is 1. The Bertz CT molecular complexity index is 314. The van der Waals surface area contributed by atoms with Crippen LogP contribution in [0.25, 0.3) is 0 Å². The first kappa shape index (κ1) is 8.96. The first-order chi connectivity index (χ1) is 5.69. The van der Waals surface area contributed by atoms with E-state index >= 15 is 0 Å². The number of halogens is 1. The number of nitrogen functional groups attached to an aromatic ring is 1. The van der Waals surface area contributed by atoms with Crippen LogP contribution in [0.5, 0.6) is 0 Å². The molecule has 12 heavy (non-hydrogen) atoms. The molecule has 0 aliphatic rings. The molecule has 0 heterocycles. The summed E-state index contributed by atoms with van der Waals surface area (Å²) in [6.45, 7) is 1.79. The average molecular weight is 186 g/mol. The predicted octanol–water partition coefficient (Wildman–Crippen LogP) is 2.33. The van der Waals surface area contributed by atoms with Gasteiger partial charge in [-0.15, -0.1) is 4.91 Å². The molecule has 0 saturated heterocycles. The lowest BCUT2D eigenvalue weighted by molar-refractivity contribution is 1.31. The Morgan fingerprint density at radius 1 is 1.58 bits per heavy atom. The van der Waals surface area contributed by atoms with Gasteiger partial charge in [0.2, 0.25) is 0 Å². The largest absolute Gasteiger partial charge is 0.322 e. The summed E-state index contributed by atoms with van der Waals surface area (Å²) in [6.07, 6.45) is 0. The molecule has 0 fully saturated rings. The maximum absolute atomic E-state index is 10.3. The smallest absolute Gasteiger partial charge is 0.132 e. The van der Waals surface area contributed by atoms with Crippen molar-refractivity contribution < 1.29 is 0 Å². The van der Waals surface area contributed by atoms with Crippen molar-refractivity contribution in [3.05, 3.63) is 27.6 Å². The van der Waals surface area contributed by atoms with Gasteiger partial charge in [0.15, 0.2) is 0 Å². The topological polar surface area (TPSA) is 67.5 Å². The maximum Gasteiger partial charge on any atom is 0.132 e. The number of hydrogen-bond donors (Lipinski definition) is 2. The number of nitroso groups, excluding NO2 is 1. The SMILES string of the molecule is Cc1cc(N=O)c(NN)cc1Cl. The standard InChI is InChI=1S/C7H8ClN3O/c1-4-2-7(11-12)6(10-9)3-5(4)8/h2-3,10H,9H2,1H3. The highest BCUT2D eigenvalue weighted by atomic mass is 35.5. The van der Waals surface area contributed by atoms with E-state index in [1.807, 2.05) is 0 Å². The van der Waals surface area contributed by atoms with E-state index in [1.54, 1.807) is 19.1 Å². The van der Waals surface area contributed by atoms with Crippen molar-refractivity contribution >= 4 is 23.0 Å². The van der Waals surface area contributed by atoms with Gasteiger partial charge in [0, 0.05) is 5.02 Å². The number of nitrogens with zero attached hydrogens (tertiary/aromatic N) is 1. The van der Waals surface area contributed by atoms with Crippen LogP contribution >= 0.6 is 11.6 Å². The van der Waals surface area contributed by atoms with Crippen LogP contribution in [0.1, 0.15) is 5.56 Å². The molecule has 0 aliphatic carbocycles. The Morgan fingerprint density at radius 2 is 2.25 bits per heavy atom. The van der Waals surface area contributed by atoms with Gasteiger partial charge < -0.3 is 5.43 Å². The first-order valence-corrected chi connectivity index (χ1v) is 3.67. The summed E-state index contributed by atoms with van der Waals surface area (Å²) in [4.78, 5) is 10.3. The molecule has 4 nitrogen and oxygen atoms in total. The molecule has 3 N–H and O–H groups in total. The molecule has 0 bridgehead atoms. The van der Waals surface area contributed by atoms with Gasteiger partial charge in [-0.3, -0.25) is 5.84 Å². The quantitative estimate of drug-likeness (QED) is 0.422. The number of nitrogens with two attached hydrogens (primary N) is 1. The van der Waals surface area contributed by atoms with Crippen molar-refractivity contribution in [2.75, 3.05) is 5.43 Å². The molecular weight excluding hydrogens is 178 g/mol. The fraction of sp³-hybridized carbons (Fsp3) is 0.143. The van der Waals surface area contributed by atoms with E-state index in [-0.39, 0.29) is 5.69 Å². The van der Waals surface area contributed by atoms with Gasteiger partial charge in [0.1, 0.15) is 5.69 Å².